The summed E-state index contributed by atoms with van der Waals surface area (Å²) in [6, 6.07) is 15.7. The molecule has 0 saturated heterocycles. The molecule has 0 aliphatic rings. The van der Waals surface area contributed by atoms with Crippen LogP contribution in [0.1, 0.15) is 11.3 Å². The molecule has 0 bridgehead atoms. The van der Waals surface area contributed by atoms with Crippen LogP contribution in [0.25, 0.3) is 32.2 Å². The van der Waals surface area contributed by atoms with Gasteiger partial charge in [0.25, 0.3) is 0 Å². The van der Waals surface area contributed by atoms with Crippen molar-refractivity contribution >= 4 is 44.9 Å². The van der Waals surface area contributed by atoms with Crippen LogP contribution in [-0.2, 0) is 4.79 Å². The van der Waals surface area contributed by atoms with Crippen LogP contribution >= 0.6 is 23.1 Å². The van der Waals surface area contributed by atoms with Crippen LogP contribution in [0.3, 0.4) is 0 Å². The maximum absolute atomic E-state index is 12.4. The van der Waals surface area contributed by atoms with Crippen molar-refractivity contribution in [2.24, 2.45) is 0 Å². The molecule has 3 N–H and O–H groups in total. The van der Waals surface area contributed by atoms with E-state index in [1.807, 2.05) is 37.3 Å². The van der Waals surface area contributed by atoms with Crippen molar-refractivity contribution in [2.45, 2.75) is 19.0 Å². The molecule has 0 aliphatic carbocycles. The Balaban J connectivity index is 1.22. The van der Waals surface area contributed by atoms with Crippen LogP contribution in [0, 0.1) is 13.8 Å². The molecule has 166 valence electrons. The average molecular weight is 477 g/mol. The number of furan rings is 1. The van der Waals surface area contributed by atoms with E-state index in [2.05, 4.69) is 34.6 Å². The van der Waals surface area contributed by atoms with Crippen molar-refractivity contribution in [2.75, 3.05) is 16.9 Å². The number of hydrogen-bond donors (Lipinski definition) is 2. The Kier molecular flexibility index (Phi) is 5.61. The molecule has 33 heavy (non-hydrogen) atoms. The number of carbonyl (C=O) groups excluding carboxylic acids is 1. The molecule has 0 unspecified atom stereocenters. The van der Waals surface area contributed by atoms with Gasteiger partial charge in [-0.1, -0.05) is 17.8 Å². The van der Waals surface area contributed by atoms with Gasteiger partial charge in [0.2, 0.25) is 11.1 Å². The number of hydrogen-bond acceptors (Lipinski definition) is 8. The fourth-order valence-electron chi connectivity index (χ4n) is 3.35. The molecule has 8 nitrogen and oxygen atoms in total. The number of thiazole rings is 1. The topological polar surface area (TPSA) is 112 Å². The summed E-state index contributed by atoms with van der Waals surface area (Å²) in [7, 11) is 0. The number of carbonyl (C=O) groups is 1. The third-order valence-electron chi connectivity index (χ3n) is 5.06. The lowest BCUT2D eigenvalue weighted by atomic mass is 10.2. The summed E-state index contributed by atoms with van der Waals surface area (Å²) in [6.07, 6.45) is 1.57. The molecule has 5 aromatic rings. The fourth-order valence-corrected chi connectivity index (χ4v) is 5.08. The minimum atomic E-state index is -0.160. The lowest BCUT2D eigenvalue weighted by Crippen LogP contribution is -2.16. The molecule has 0 radical (unpaired) electrons. The normalized spacial score (nSPS) is 11.2. The Morgan fingerprint density at radius 3 is 2.73 bits per heavy atom. The molecular weight excluding hydrogens is 456 g/mol. The third-order valence-corrected chi connectivity index (χ3v) is 7.07. The number of aromatic nitrogens is 4. The van der Waals surface area contributed by atoms with E-state index in [1.54, 1.807) is 23.7 Å². The van der Waals surface area contributed by atoms with Crippen LogP contribution in [0.4, 0.5) is 5.69 Å². The molecule has 3 aromatic heterocycles. The molecule has 5 rings (SSSR count). The van der Waals surface area contributed by atoms with Crippen molar-refractivity contribution in [1.29, 1.82) is 0 Å². The van der Waals surface area contributed by atoms with Gasteiger partial charge in [-0.2, -0.15) is 0 Å². The standard InChI is InChI=1S/C23H20N6O2S2/c1-13-3-8-18-19(11-13)33-22(26-18)15-4-6-16(7-5-15)25-20(30)12-32-23-28-27-21(29(23)24)17-9-10-31-14(17)2/h3-11H,12,24H2,1-2H3,(H,25,30). The minimum absolute atomic E-state index is 0.151. The first kappa shape index (κ1) is 21.2. The number of fused-ring (bicyclic) bond motifs is 1. The summed E-state index contributed by atoms with van der Waals surface area (Å²) in [5.74, 6) is 7.29. The average Bonchev–Trinajstić information content (AvgIpc) is 3.51. The van der Waals surface area contributed by atoms with Gasteiger partial charge in [-0.05, 0) is 61.9 Å². The van der Waals surface area contributed by atoms with Crippen LogP contribution in [0.15, 0.2) is 64.4 Å². The van der Waals surface area contributed by atoms with E-state index >= 15 is 0 Å². The minimum Gasteiger partial charge on any atom is -0.469 e. The summed E-state index contributed by atoms with van der Waals surface area (Å²) in [6.45, 7) is 3.90. The number of nitrogens with one attached hydrogen (secondary N) is 1. The Labute approximate surface area is 197 Å². The Morgan fingerprint density at radius 1 is 1.15 bits per heavy atom. The second-order valence-corrected chi connectivity index (χ2v) is 9.44. The zero-order chi connectivity index (χ0) is 22.9. The van der Waals surface area contributed by atoms with Crippen LogP contribution in [0.2, 0.25) is 0 Å². The Morgan fingerprint density at radius 2 is 1.97 bits per heavy atom. The first-order chi connectivity index (χ1) is 16.0. The maximum atomic E-state index is 12.4. The quantitative estimate of drug-likeness (QED) is 0.265. The highest BCUT2D eigenvalue weighted by atomic mass is 32.2. The number of benzene rings is 2. The van der Waals surface area contributed by atoms with Gasteiger partial charge in [-0.25, -0.2) is 9.66 Å². The van der Waals surface area contributed by atoms with Crippen molar-refractivity contribution in [3.8, 4) is 22.0 Å². The van der Waals surface area contributed by atoms with E-state index < -0.39 is 0 Å². The highest BCUT2D eigenvalue weighted by molar-refractivity contribution is 7.99. The summed E-state index contributed by atoms with van der Waals surface area (Å²) in [5.41, 5.74) is 4.71. The summed E-state index contributed by atoms with van der Waals surface area (Å²) < 4.78 is 7.82. The van der Waals surface area contributed by atoms with Crippen LogP contribution < -0.4 is 11.2 Å². The number of rotatable bonds is 6. The van der Waals surface area contributed by atoms with E-state index in [0.29, 0.717) is 22.4 Å². The van der Waals surface area contributed by atoms with E-state index in [0.717, 1.165) is 21.7 Å². The molecule has 1 amide bonds. The molecule has 3 heterocycles. The number of thioether (sulfide) groups is 1. The lowest BCUT2D eigenvalue weighted by Gasteiger charge is -2.06. The smallest absolute Gasteiger partial charge is 0.234 e. The van der Waals surface area contributed by atoms with E-state index in [9.17, 15) is 4.79 Å². The van der Waals surface area contributed by atoms with Gasteiger partial charge >= 0.3 is 0 Å². The molecule has 0 fully saturated rings. The highest BCUT2D eigenvalue weighted by Crippen LogP contribution is 2.31. The van der Waals surface area contributed by atoms with Gasteiger partial charge in [-0.3, -0.25) is 4.79 Å². The van der Waals surface area contributed by atoms with E-state index in [4.69, 9.17) is 15.2 Å². The monoisotopic (exact) mass is 476 g/mol. The van der Waals surface area contributed by atoms with Gasteiger partial charge < -0.3 is 15.6 Å². The van der Waals surface area contributed by atoms with Crippen LogP contribution in [-0.4, -0.2) is 31.5 Å². The number of aryl methyl sites for hydroxylation is 2. The molecular formula is C23H20N6O2S2. The Hall–Kier alpha value is -3.63. The van der Waals surface area contributed by atoms with Crippen molar-refractivity contribution in [1.82, 2.24) is 19.9 Å². The molecule has 0 atom stereocenters. The summed E-state index contributed by atoms with van der Waals surface area (Å²) in [5, 5.41) is 12.5. The zero-order valence-corrected chi connectivity index (χ0v) is 19.5. The molecule has 0 spiro atoms. The zero-order valence-electron chi connectivity index (χ0n) is 17.9. The Bertz CT molecular complexity index is 1450. The van der Waals surface area contributed by atoms with E-state index in [1.165, 1.54) is 26.7 Å². The molecule has 2 aromatic carbocycles. The fraction of sp³-hybridized carbons (Fsp3) is 0.130. The molecule has 10 heteroatoms. The van der Waals surface area contributed by atoms with Gasteiger partial charge in [0.15, 0.2) is 5.82 Å². The number of amides is 1. The van der Waals surface area contributed by atoms with Crippen LogP contribution in [0.5, 0.6) is 0 Å². The number of nitrogens with zero attached hydrogens (tertiary/aromatic N) is 4. The number of nitrogen functional groups attached to an aromatic ring is 1. The second kappa shape index (κ2) is 8.72. The molecule has 0 saturated carbocycles. The second-order valence-electron chi connectivity index (χ2n) is 7.47. The summed E-state index contributed by atoms with van der Waals surface area (Å²) >= 11 is 2.87. The first-order valence-corrected chi connectivity index (χ1v) is 11.9. The lowest BCUT2D eigenvalue weighted by molar-refractivity contribution is -0.113. The largest absolute Gasteiger partial charge is 0.469 e. The maximum Gasteiger partial charge on any atom is 0.234 e. The number of nitrogens with two attached hydrogens (primary N) is 1. The van der Waals surface area contributed by atoms with Gasteiger partial charge in [0.1, 0.15) is 10.8 Å². The van der Waals surface area contributed by atoms with Crippen molar-refractivity contribution in [3.05, 3.63) is 66.1 Å². The predicted molar refractivity (Wildman–Crippen MR) is 132 cm³/mol. The SMILES string of the molecule is Cc1ccc2nc(-c3ccc(NC(=O)CSc4nnc(-c5ccoc5C)n4N)cc3)sc2c1. The van der Waals surface area contributed by atoms with Crippen molar-refractivity contribution in [3.63, 3.8) is 0 Å². The van der Waals surface area contributed by atoms with Gasteiger partial charge in [-0.15, -0.1) is 21.5 Å². The van der Waals surface area contributed by atoms with Gasteiger partial charge in [0, 0.05) is 11.3 Å². The summed E-state index contributed by atoms with van der Waals surface area (Å²) in [4.78, 5) is 17.1. The third kappa shape index (κ3) is 4.35. The van der Waals surface area contributed by atoms with Crippen molar-refractivity contribution < 1.29 is 9.21 Å². The molecule has 0 aliphatic heterocycles. The highest BCUT2D eigenvalue weighted by Gasteiger charge is 2.17. The van der Waals surface area contributed by atoms with Gasteiger partial charge in [0.05, 0.1) is 27.8 Å². The van der Waals surface area contributed by atoms with E-state index in [-0.39, 0.29) is 11.7 Å². The predicted octanol–water partition coefficient (Wildman–Crippen LogP) is 4.88. The number of anilines is 1. The first-order valence-electron chi connectivity index (χ1n) is 10.1.